The number of likely N-dealkylation sites (N-methyl/N-ethyl adjacent to an activating group) is 1. The van der Waals surface area contributed by atoms with Gasteiger partial charge in [0.15, 0.2) is 0 Å². The molecule has 5 nitrogen and oxygen atoms in total. The van der Waals surface area contributed by atoms with Crippen molar-refractivity contribution >= 4 is 11.9 Å². The first kappa shape index (κ1) is 20.7. The van der Waals surface area contributed by atoms with E-state index >= 15 is 0 Å². The molecule has 0 unspecified atom stereocenters. The van der Waals surface area contributed by atoms with Gasteiger partial charge in [-0.25, -0.2) is 4.79 Å². The Balaban J connectivity index is 2.72. The molecule has 1 rings (SSSR count). The Bertz CT molecular complexity index is 638. The highest BCUT2D eigenvalue weighted by atomic mass is 19.4. The Morgan fingerprint density at radius 3 is 2.24 bits per heavy atom. The zero-order valence-corrected chi connectivity index (χ0v) is 14.2. The van der Waals surface area contributed by atoms with E-state index in [0.717, 1.165) is 12.1 Å². The average molecular weight is 358 g/mol. The lowest BCUT2D eigenvalue weighted by Crippen LogP contribution is -2.28. The second-order valence-corrected chi connectivity index (χ2v) is 5.88. The molecular weight excluding hydrogens is 337 g/mol. The molecule has 1 atom stereocenters. The zero-order chi connectivity index (χ0) is 19.2. The number of carbonyl (C=O) groups is 2. The highest BCUT2D eigenvalue weighted by Crippen LogP contribution is 2.29. The number of carboxylic acids is 1. The number of aliphatic carboxylic acids is 1. The van der Waals surface area contributed by atoms with Gasteiger partial charge in [-0.3, -0.25) is 4.79 Å². The third kappa shape index (κ3) is 6.96. The standard InChI is InChI=1S/C17H21F3N2O3/c1-11(12-4-6-14(7-5-12)17(18,19)20)21-15(23)10-13(16(24)25)8-9-22(2)3/h4-8,11H,9-10H2,1-3H3,(H,21,23)(H,24,25)/t11-/m0/s1. The normalized spacial score (nSPS) is 13.6. The SMILES string of the molecule is C[C@H](NC(=O)CC(=CCN(C)C)C(=O)O)c1ccc(C(F)(F)F)cc1. The van der Waals surface area contributed by atoms with E-state index in [1.165, 1.54) is 18.2 Å². The van der Waals surface area contributed by atoms with E-state index in [1.54, 1.807) is 25.9 Å². The van der Waals surface area contributed by atoms with Crippen molar-refractivity contribution in [1.29, 1.82) is 0 Å². The van der Waals surface area contributed by atoms with E-state index in [4.69, 9.17) is 5.11 Å². The number of benzene rings is 1. The predicted octanol–water partition coefficient (Wildman–Crippen LogP) is 2.85. The molecule has 0 radical (unpaired) electrons. The monoisotopic (exact) mass is 358 g/mol. The van der Waals surface area contributed by atoms with Crippen molar-refractivity contribution in [3.05, 3.63) is 47.0 Å². The number of carboxylic acid groups (broad SMARTS) is 1. The minimum atomic E-state index is -4.42. The van der Waals surface area contributed by atoms with Crippen LogP contribution in [0, 0.1) is 0 Å². The molecule has 0 spiro atoms. The van der Waals surface area contributed by atoms with Gasteiger partial charge < -0.3 is 15.3 Å². The van der Waals surface area contributed by atoms with Crippen molar-refractivity contribution in [2.75, 3.05) is 20.6 Å². The Hall–Kier alpha value is -2.35. The summed E-state index contributed by atoms with van der Waals surface area (Å²) in [4.78, 5) is 24.9. The van der Waals surface area contributed by atoms with Gasteiger partial charge in [0.05, 0.1) is 18.0 Å². The second-order valence-electron chi connectivity index (χ2n) is 5.88. The summed E-state index contributed by atoms with van der Waals surface area (Å²) >= 11 is 0. The van der Waals surface area contributed by atoms with E-state index in [2.05, 4.69) is 5.32 Å². The molecule has 0 aromatic heterocycles. The van der Waals surface area contributed by atoms with Crippen molar-refractivity contribution in [2.24, 2.45) is 0 Å². The van der Waals surface area contributed by atoms with Crippen LogP contribution in [0.2, 0.25) is 0 Å². The molecule has 1 aromatic carbocycles. The van der Waals surface area contributed by atoms with E-state index < -0.39 is 29.7 Å². The van der Waals surface area contributed by atoms with Crippen LogP contribution in [0.1, 0.15) is 30.5 Å². The molecule has 0 fully saturated rings. The van der Waals surface area contributed by atoms with Crippen LogP contribution < -0.4 is 5.32 Å². The third-order valence-corrected chi connectivity index (χ3v) is 3.44. The van der Waals surface area contributed by atoms with Gasteiger partial charge in [0.2, 0.25) is 5.91 Å². The number of halogens is 3. The van der Waals surface area contributed by atoms with E-state index in [0.29, 0.717) is 12.1 Å². The Labute approximate surface area is 144 Å². The summed E-state index contributed by atoms with van der Waals surface area (Å²) in [6.07, 6.45) is -3.28. The quantitative estimate of drug-likeness (QED) is 0.736. The highest BCUT2D eigenvalue weighted by molar-refractivity contribution is 5.94. The number of nitrogens with one attached hydrogen (secondary N) is 1. The molecule has 0 saturated heterocycles. The molecule has 138 valence electrons. The molecule has 0 bridgehead atoms. The van der Waals surface area contributed by atoms with Gasteiger partial charge in [0, 0.05) is 12.1 Å². The van der Waals surface area contributed by atoms with Crippen molar-refractivity contribution in [3.63, 3.8) is 0 Å². The first-order valence-electron chi connectivity index (χ1n) is 7.54. The molecule has 25 heavy (non-hydrogen) atoms. The molecule has 1 aromatic rings. The van der Waals surface area contributed by atoms with Gasteiger partial charge in [-0.2, -0.15) is 13.2 Å². The zero-order valence-electron chi connectivity index (χ0n) is 14.2. The second kappa shape index (κ2) is 8.66. The summed E-state index contributed by atoms with van der Waals surface area (Å²) in [5, 5.41) is 11.7. The van der Waals surface area contributed by atoms with Crippen LogP contribution >= 0.6 is 0 Å². The number of rotatable bonds is 7. The number of amides is 1. The van der Waals surface area contributed by atoms with Gasteiger partial charge in [-0.15, -0.1) is 0 Å². The minimum Gasteiger partial charge on any atom is -0.478 e. The Morgan fingerprint density at radius 1 is 1.24 bits per heavy atom. The van der Waals surface area contributed by atoms with Gasteiger partial charge in [-0.05, 0) is 38.7 Å². The average Bonchev–Trinajstić information content (AvgIpc) is 2.50. The molecule has 0 heterocycles. The third-order valence-electron chi connectivity index (χ3n) is 3.44. The van der Waals surface area contributed by atoms with Gasteiger partial charge in [0.1, 0.15) is 0 Å². The van der Waals surface area contributed by atoms with Gasteiger partial charge >= 0.3 is 12.1 Å². The largest absolute Gasteiger partial charge is 0.478 e. The maximum absolute atomic E-state index is 12.5. The fraction of sp³-hybridized carbons (Fsp3) is 0.412. The molecule has 0 aliphatic heterocycles. The summed E-state index contributed by atoms with van der Waals surface area (Å²) < 4.78 is 37.6. The van der Waals surface area contributed by atoms with Crippen molar-refractivity contribution in [1.82, 2.24) is 10.2 Å². The number of nitrogens with zero attached hydrogens (tertiary/aromatic N) is 1. The van der Waals surface area contributed by atoms with Crippen LogP contribution in [-0.4, -0.2) is 42.5 Å². The van der Waals surface area contributed by atoms with Crippen LogP contribution in [0.5, 0.6) is 0 Å². The number of carbonyl (C=O) groups excluding carboxylic acids is 1. The molecule has 2 N–H and O–H groups in total. The van der Waals surface area contributed by atoms with Crippen molar-refractivity contribution in [3.8, 4) is 0 Å². The Kier molecular flexibility index (Phi) is 7.17. The summed E-state index contributed by atoms with van der Waals surface area (Å²) in [5.41, 5.74) is -0.309. The van der Waals surface area contributed by atoms with Crippen LogP contribution in [0.4, 0.5) is 13.2 Å². The molecule has 0 saturated carbocycles. The van der Waals surface area contributed by atoms with Crippen LogP contribution in [0.15, 0.2) is 35.9 Å². The molecule has 0 aliphatic rings. The fourth-order valence-corrected chi connectivity index (χ4v) is 2.04. The van der Waals surface area contributed by atoms with Crippen LogP contribution in [0.3, 0.4) is 0 Å². The first-order chi connectivity index (χ1) is 11.5. The molecular formula is C17H21F3N2O3. The maximum atomic E-state index is 12.5. The fourth-order valence-electron chi connectivity index (χ4n) is 2.04. The Morgan fingerprint density at radius 2 is 1.80 bits per heavy atom. The lowest BCUT2D eigenvalue weighted by molar-refractivity contribution is -0.137. The number of hydrogen-bond donors (Lipinski definition) is 2. The summed E-state index contributed by atoms with van der Waals surface area (Å²) in [6.45, 7) is 1.99. The number of alkyl halides is 3. The van der Waals surface area contributed by atoms with Crippen LogP contribution in [0.25, 0.3) is 0 Å². The summed E-state index contributed by atoms with van der Waals surface area (Å²) in [7, 11) is 3.53. The first-order valence-corrected chi connectivity index (χ1v) is 7.54. The lowest BCUT2D eigenvalue weighted by atomic mass is 10.1. The smallest absolute Gasteiger partial charge is 0.416 e. The predicted molar refractivity (Wildman–Crippen MR) is 86.9 cm³/mol. The van der Waals surface area contributed by atoms with Crippen LogP contribution in [-0.2, 0) is 15.8 Å². The molecule has 0 aliphatic carbocycles. The van der Waals surface area contributed by atoms with E-state index in [1.807, 2.05) is 0 Å². The number of hydrogen-bond acceptors (Lipinski definition) is 3. The van der Waals surface area contributed by atoms with E-state index in [9.17, 15) is 22.8 Å². The van der Waals surface area contributed by atoms with Gasteiger partial charge in [-0.1, -0.05) is 18.2 Å². The summed E-state index contributed by atoms with van der Waals surface area (Å²) in [6, 6.07) is 3.91. The minimum absolute atomic E-state index is 0.0363. The lowest BCUT2D eigenvalue weighted by Gasteiger charge is -2.16. The highest BCUT2D eigenvalue weighted by Gasteiger charge is 2.30. The maximum Gasteiger partial charge on any atom is 0.416 e. The molecule has 1 amide bonds. The van der Waals surface area contributed by atoms with Gasteiger partial charge in [0.25, 0.3) is 0 Å². The summed E-state index contributed by atoms with van der Waals surface area (Å²) in [5.74, 6) is -1.70. The van der Waals surface area contributed by atoms with Crippen molar-refractivity contribution < 1.29 is 27.9 Å². The van der Waals surface area contributed by atoms with E-state index in [-0.39, 0.29) is 12.0 Å². The molecule has 8 heteroatoms. The van der Waals surface area contributed by atoms with Crippen molar-refractivity contribution in [2.45, 2.75) is 25.6 Å². The topological polar surface area (TPSA) is 69.6 Å².